The molecule has 0 aliphatic carbocycles. The van der Waals surface area contributed by atoms with Gasteiger partial charge in [-0.2, -0.15) is 13.2 Å². The van der Waals surface area contributed by atoms with Crippen LogP contribution in [-0.2, 0) is 4.79 Å². The quantitative estimate of drug-likeness (QED) is 0.855. The molecule has 6 heteroatoms. The molecule has 3 nitrogen and oxygen atoms in total. The molecule has 0 unspecified atom stereocenters. The van der Waals surface area contributed by atoms with Gasteiger partial charge in [0.2, 0.25) is 0 Å². The first-order valence-electron chi connectivity index (χ1n) is 4.93. The van der Waals surface area contributed by atoms with Gasteiger partial charge in [0, 0.05) is 0 Å². The van der Waals surface area contributed by atoms with Crippen LogP contribution in [0.4, 0.5) is 13.2 Å². The third-order valence-corrected chi connectivity index (χ3v) is 2.23. The van der Waals surface area contributed by atoms with Gasteiger partial charge in [-0.25, -0.2) is 0 Å². The van der Waals surface area contributed by atoms with E-state index in [2.05, 4.69) is 0 Å². The van der Waals surface area contributed by atoms with E-state index in [1.807, 2.05) is 0 Å². The summed E-state index contributed by atoms with van der Waals surface area (Å²) in [5.41, 5.74) is 0.447. The Kier molecular flexibility index (Phi) is 4.11. The fourth-order valence-corrected chi connectivity index (χ4v) is 1.31. The van der Waals surface area contributed by atoms with Crippen molar-refractivity contribution in [3.05, 3.63) is 35.9 Å². The molecule has 94 valence electrons. The summed E-state index contributed by atoms with van der Waals surface area (Å²) in [4.78, 5) is 10.7. The standard InChI is InChI=1S/C11H12F3NO2/c1-7(15-10(17)11(12,13)14)9(16)8-5-3-2-4-6-8/h2-7,9,16H,1H3,(H,15,17)/t7-,9-/m0/s1. The lowest BCUT2D eigenvalue weighted by Crippen LogP contribution is -2.44. The van der Waals surface area contributed by atoms with Crippen molar-refractivity contribution in [3.63, 3.8) is 0 Å². The summed E-state index contributed by atoms with van der Waals surface area (Å²) in [5.74, 6) is -2.06. The van der Waals surface area contributed by atoms with Crippen LogP contribution < -0.4 is 5.32 Å². The molecule has 1 rings (SSSR count). The van der Waals surface area contributed by atoms with E-state index in [9.17, 15) is 23.1 Å². The highest BCUT2D eigenvalue weighted by Gasteiger charge is 2.39. The molecule has 0 aliphatic rings. The molecular weight excluding hydrogens is 235 g/mol. The fraction of sp³-hybridized carbons (Fsp3) is 0.364. The molecule has 0 aromatic heterocycles. The lowest BCUT2D eigenvalue weighted by Gasteiger charge is -2.21. The molecule has 0 saturated carbocycles. The van der Waals surface area contributed by atoms with Crippen molar-refractivity contribution in [2.75, 3.05) is 0 Å². The van der Waals surface area contributed by atoms with Crippen LogP contribution in [-0.4, -0.2) is 23.2 Å². The third kappa shape index (κ3) is 3.74. The van der Waals surface area contributed by atoms with E-state index in [1.54, 1.807) is 35.6 Å². The van der Waals surface area contributed by atoms with Gasteiger partial charge in [-0.15, -0.1) is 0 Å². The van der Waals surface area contributed by atoms with E-state index in [-0.39, 0.29) is 0 Å². The van der Waals surface area contributed by atoms with Crippen LogP contribution in [0.3, 0.4) is 0 Å². The highest BCUT2D eigenvalue weighted by atomic mass is 19.4. The molecule has 1 aromatic rings. The molecule has 0 fully saturated rings. The smallest absolute Gasteiger partial charge is 0.386 e. The number of alkyl halides is 3. The number of rotatable bonds is 3. The molecule has 0 heterocycles. The van der Waals surface area contributed by atoms with Crippen LogP contribution in [0.15, 0.2) is 30.3 Å². The van der Waals surface area contributed by atoms with E-state index in [0.717, 1.165) is 0 Å². The molecule has 17 heavy (non-hydrogen) atoms. The van der Waals surface area contributed by atoms with Gasteiger partial charge >= 0.3 is 12.1 Å². The first-order chi connectivity index (χ1) is 7.82. The van der Waals surface area contributed by atoms with Gasteiger partial charge in [-0.1, -0.05) is 30.3 Å². The number of nitrogens with one attached hydrogen (secondary N) is 1. The van der Waals surface area contributed by atoms with Crippen LogP contribution in [0.25, 0.3) is 0 Å². The van der Waals surface area contributed by atoms with Gasteiger partial charge in [0.25, 0.3) is 0 Å². The maximum Gasteiger partial charge on any atom is 0.471 e. The average Bonchev–Trinajstić information content (AvgIpc) is 2.27. The first-order valence-corrected chi connectivity index (χ1v) is 4.93. The molecule has 0 aliphatic heterocycles. The first kappa shape index (κ1) is 13.5. The molecule has 2 N–H and O–H groups in total. The number of amides is 1. The minimum absolute atomic E-state index is 0.447. The Hall–Kier alpha value is -1.56. The Morgan fingerprint density at radius 1 is 1.29 bits per heavy atom. The van der Waals surface area contributed by atoms with E-state index >= 15 is 0 Å². The van der Waals surface area contributed by atoms with Gasteiger partial charge in [-0.3, -0.25) is 4.79 Å². The Morgan fingerprint density at radius 2 is 1.82 bits per heavy atom. The van der Waals surface area contributed by atoms with Crippen molar-refractivity contribution in [2.24, 2.45) is 0 Å². The number of halogens is 3. The van der Waals surface area contributed by atoms with Gasteiger partial charge in [0.1, 0.15) is 0 Å². The van der Waals surface area contributed by atoms with E-state index < -0.39 is 24.2 Å². The average molecular weight is 247 g/mol. The zero-order valence-corrected chi connectivity index (χ0v) is 9.03. The third-order valence-electron chi connectivity index (χ3n) is 2.23. The number of carbonyl (C=O) groups excluding carboxylic acids is 1. The van der Waals surface area contributed by atoms with Crippen molar-refractivity contribution in [3.8, 4) is 0 Å². The molecular formula is C11H12F3NO2. The molecule has 0 bridgehead atoms. The minimum Gasteiger partial charge on any atom is -0.386 e. The molecule has 0 radical (unpaired) electrons. The molecule has 2 atom stereocenters. The summed E-state index contributed by atoms with van der Waals surface area (Å²) in [6.45, 7) is 1.31. The zero-order valence-electron chi connectivity index (χ0n) is 9.03. The Balaban J connectivity index is 2.66. The summed E-state index contributed by atoms with van der Waals surface area (Å²) in [6.07, 6.45) is -6.12. The predicted molar refractivity (Wildman–Crippen MR) is 55.1 cm³/mol. The number of aliphatic hydroxyl groups excluding tert-OH is 1. The van der Waals surface area contributed by atoms with Crippen molar-refractivity contribution >= 4 is 5.91 Å². The summed E-state index contributed by atoms with van der Waals surface area (Å²) in [6, 6.07) is 7.14. The maximum absolute atomic E-state index is 12.0. The van der Waals surface area contributed by atoms with Crippen LogP contribution >= 0.6 is 0 Å². The lowest BCUT2D eigenvalue weighted by atomic mass is 10.0. The number of hydrogen-bond donors (Lipinski definition) is 2. The van der Waals surface area contributed by atoms with Gasteiger partial charge in [0.15, 0.2) is 0 Å². The van der Waals surface area contributed by atoms with E-state index in [4.69, 9.17) is 0 Å². The second kappa shape index (κ2) is 5.18. The van der Waals surface area contributed by atoms with Gasteiger partial charge in [0.05, 0.1) is 12.1 Å². The van der Waals surface area contributed by atoms with Crippen LogP contribution in [0.5, 0.6) is 0 Å². The topological polar surface area (TPSA) is 49.3 Å². The second-order valence-corrected chi connectivity index (χ2v) is 3.62. The summed E-state index contributed by atoms with van der Waals surface area (Å²) >= 11 is 0. The highest BCUT2D eigenvalue weighted by molar-refractivity contribution is 5.81. The minimum atomic E-state index is -4.94. The number of benzene rings is 1. The van der Waals surface area contributed by atoms with Crippen molar-refractivity contribution in [1.82, 2.24) is 5.32 Å². The maximum atomic E-state index is 12.0. The summed E-state index contributed by atoms with van der Waals surface area (Å²) in [7, 11) is 0. The molecule has 0 spiro atoms. The SMILES string of the molecule is C[C@H](NC(=O)C(F)(F)F)[C@H](O)c1ccccc1. The van der Waals surface area contributed by atoms with Gasteiger partial charge < -0.3 is 10.4 Å². The largest absolute Gasteiger partial charge is 0.471 e. The second-order valence-electron chi connectivity index (χ2n) is 3.62. The van der Waals surface area contributed by atoms with Crippen LogP contribution in [0.2, 0.25) is 0 Å². The Bertz CT molecular complexity index is 378. The molecule has 1 amide bonds. The van der Waals surface area contributed by atoms with E-state index in [1.165, 1.54) is 6.92 Å². The van der Waals surface area contributed by atoms with Crippen LogP contribution in [0, 0.1) is 0 Å². The Morgan fingerprint density at radius 3 is 2.29 bits per heavy atom. The molecule has 0 saturated heterocycles. The monoisotopic (exact) mass is 247 g/mol. The number of aliphatic hydroxyl groups is 1. The van der Waals surface area contributed by atoms with Crippen molar-refractivity contribution in [2.45, 2.75) is 25.2 Å². The highest BCUT2D eigenvalue weighted by Crippen LogP contribution is 2.19. The lowest BCUT2D eigenvalue weighted by molar-refractivity contribution is -0.175. The summed E-state index contributed by atoms with van der Waals surface area (Å²) in [5, 5.41) is 11.4. The number of carbonyl (C=O) groups is 1. The predicted octanol–water partition coefficient (Wildman–Crippen LogP) is 1.79. The van der Waals surface area contributed by atoms with Crippen molar-refractivity contribution < 1.29 is 23.1 Å². The van der Waals surface area contributed by atoms with Gasteiger partial charge in [-0.05, 0) is 12.5 Å². The fourth-order valence-electron chi connectivity index (χ4n) is 1.31. The number of hydrogen-bond acceptors (Lipinski definition) is 2. The zero-order chi connectivity index (χ0) is 13.1. The Labute approximate surface area is 96.3 Å². The van der Waals surface area contributed by atoms with Crippen molar-refractivity contribution in [1.29, 1.82) is 0 Å². The summed E-state index contributed by atoms with van der Waals surface area (Å²) < 4.78 is 35.9. The normalized spacial score (nSPS) is 15.1. The van der Waals surface area contributed by atoms with E-state index in [0.29, 0.717) is 5.56 Å². The molecule has 1 aromatic carbocycles. The van der Waals surface area contributed by atoms with Crippen LogP contribution in [0.1, 0.15) is 18.6 Å².